The fraction of sp³-hybridized carbons (Fsp3) is 0.250. The lowest BCUT2D eigenvalue weighted by atomic mass is 10.2. The third-order valence-corrected chi connectivity index (χ3v) is 3.86. The third kappa shape index (κ3) is 4.99. The summed E-state index contributed by atoms with van der Waals surface area (Å²) in [5.41, 5.74) is 2.87. The van der Waals surface area contributed by atoms with Crippen LogP contribution in [0, 0.1) is 0 Å². The van der Waals surface area contributed by atoms with Gasteiger partial charge in [-0.2, -0.15) is 11.8 Å². The van der Waals surface area contributed by atoms with E-state index in [2.05, 4.69) is 37.3 Å². The van der Waals surface area contributed by atoms with E-state index in [0.717, 1.165) is 29.2 Å². The van der Waals surface area contributed by atoms with Gasteiger partial charge in [-0.3, -0.25) is 0 Å². The number of rotatable bonds is 5. The quantitative estimate of drug-likeness (QED) is 0.546. The minimum Gasteiger partial charge on any atom is -0.341 e. The van der Waals surface area contributed by atoms with E-state index in [0.29, 0.717) is 5.02 Å². The average molecular weight is 309 g/mol. The highest BCUT2D eigenvalue weighted by atomic mass is 35.5. The van der Waals surface area contributed by atoms with Gasteiger partial charge in [0.2, 0.25) is 0 Å². The van der Waals surface area contributed by atoms with E-state index in [4.69, 9.17) is 11.6 Å². The van der Waals surface area contributed by atoms with Gasteiger partial charge in [0.1, 0.15) is 5.82 Å². The van der Waals surface area contributed by atoms with Crippen LogP contribution in [0.5, 0.6) is 0 Å². The SMILES string of the molecule is C=CCCSCC.C=Cc1cc2c(cc1Cl)NC(=C)N2. The van der Waals surface area contributed by atoms with Crippen LogP contribution in [0.15, 0.2) is 43.8 Å². The summed E-state index contributed by atoms with van der Waals surface area (Å²) in [6, 6.07) is 3.80. The molecule has 2 rings (SSSR count). The summed E-state index contributed by atoms with van der Waals surface area (Å²) >= 11 is 7.95. The second kappa shape index (κ2) is 8.77. The van der Waals surface area contributed by atoms with Gasteiger partial charge in [-0.25, -0.2) is 0 Å². The third-order valence-electron chi connectivity index (χ3n) is 2.60. The number of thioether (sulfide) groups is 1. The van der Waals surface area contributed by atoms with Gasteiger partial charge in [0.25, 0.3) is 0 Å². The Morgan fingerprint density at radius 3 is 2.45 bits per heavy atom. The molecule has 1 aliphatic heterocycles. The zero-order valence-corrected chi connectivity index (χ0v) is 13.4. The minimum atomic E-state index is 0.692. The first-order valence-electron chi connectivity index (χ1n) is 6.50. The Hall–Kier alpha value is -1.32. The first-order valence-corrected chi connectivity index (χ1v) is 8.03. The van der Waals surface area contributed by atoms with Crippen molar-refractivity contribution in [3.05, 3.63) is 54.4 Å². The number of benzene rings is 1. The Balaban J connectivity index is 0.000000246. The summed E-state index contributed by atoms with van der Waals surface area (Å²) in [4.78, 5) is 0. The van der Waals surface area contributed by atoms with Crippen molar-refractivity contribution in [3.63, 3.8) is 0 Å². The maximum Gasteiger partial charge on any atom is 0.100 e. The highest BCUT2D eigenvalue weighted by Gasteiger charge is 2.13. The lowest BCUT2D eigenvalue weighted by molar-refractivity contribution is 1.25. The molecule has 0 unspecified atom stereocenters. The molecule has 2 nitrogen and oxygen atoms in total. The van der Waals surface area contributed by atoms with E-state index in [1.165, 1.54) is 11.5 Å². The lowest BCUT2D eigenvalue weighted by Gasteiger charge is -2.02. The Labute approximate surface area is 131 Å². The van der Waals surface area contributed by atoms with Crippen LogP contribution in [0.2, 0.25) is 5.02 Å². The summed E-state index contributed by atoms with van der Waals surface area (Å²) in [6.45, 7) is 13.2. The van der Waals surface area contributed by atoms with Gasteiger partial charge in [0.15, 0.2) is 0 Å². The van der Waals surface area contributed by atoms with Gasteiger partial charge in [-0.1, -0.05) is 43.8 Å². The normalized spacial score (nSPS) is 11.6. The molecule has 0 fully saturated rings. The van der Waals surface area contributed by atoms with Crippen molar-refractivity contribution in [2.75, 3.05) is 22.1 Å². The van der Waals surface area contributed by atoms with Gasteiger partial charge < -0.3 is 10.6 Å². The summed E-state index contributed by atoms with van der Waals surface area (Å²) in [5.74, 6) is 3.24. The topological polar surface area (TPSA) is 24.1 Å². The standard InChI is InChI=1S/C10H9ClN2.C6H12S/c1-3-7-4-9-10(5-8(7)11)13-6(2)12-9;1-3-5-6-7-4-2/h3-5,12-13H,1-2H2;3H,1,4-6H2,2H3. The van der Waals surface area contributed by atoms with Crippen LogP contribution in [0.1, 0.15) is 18.9 Å². The van der Waals surface area contributed by atoms with Gasteiger partial charge in [-0.05, 0) is 35.6 Å². The Morgan fingerprint density at radius 2 is 1.90 bits per heavy atom. The maximum atomic E-state index is 5.99. The maximum absolute atomic E-state index is 5.99. The molecule has 1 heterocycles. The van der Waals surface area contributed by atoms with Crippen LogP contribution in [0.3, 0.4) is 0 Å². The molecule has 0 atom stereocenters. The van der Waals surface area contributed by atoms with E-state index in [1.54, 1.807) is 6.08 Å². The Morgan fingerprint density at radius 1 is 1.25 bits per heavy atom. The molecule has 0 amide bonds. The fourth-order valence-electron chi connectivity index (χ4n) is 1.62. The Bertz CT molecular complexity index is 497. The van der Waals surface area contributed by atoms with Crippen molar-refractivity contribution < 1.29 is 0 Å². The zero-order chi connectivity index (χ0) is 15.0. The molecule has 0 saturated heterocycles. The van der Waals surface area contributed by atoms with Crippen LogP contribution < -0.4 is 10.6 Å². The summed E-state index contributed by atoms with van der Waals surface area (Å²) < 4.78 is 0. The van der Waals surface area contributed by atoms with Crippen molar-refractivity contribution in [2.24, 2.45) is 0 Å². The number of hydrogen-bond acceptors (Lipinski definition) is 3. The molecule has 108 valence electrons. The molecule has 0 aromatic heterocycles. The van der Waals surface area contributed by atoms with Crippen molar-refractivity contribution in [2.45, 2.75) is 13.3 Å². The number of hydrogen-bond donors (Lipinski definition) is 2. The molecular formula is C16H21ClN2S. The van der Waals surface area contributed by atoms with E-state index in [9.17, 15) is 0 Å². The van der Waals surface area contributed by atoms with Crippen LogP contribution in [0.25, 0.3) is 6.08 Å². The first kappa shape index (κ1) is 16.7. The molecule has 0 spiro atoms. The number of fused-ring (bicyclic) bond motifs is 1. The molecule has 0 radical (unpaired) electrons. The second-order valence-corrected chi connectivity index (χ2v) is 5.93. The molecule has 1 aromatic rings. The predicted octanol–water partition coefficient (Wildman–Crippen LogP) is 5.61. The van der Waals surface area contributed by atoms with E-state index in [1.807, 2.05) is 30.0 Å². The van der Waals surface area contributed by atoms with Crippen LogP contribution in [0.4, 0.5) is 11.4 Å². The molecular weight excluding hydrogens is 288 g/mol. The minimum absolute atomic E-state index is 0.692. The van der Waals surface area contributed by atoms with E-state index >= 15 is 0 Å². The van der Waals surface area contributed by atoms with Crippen LogP contribution in [-0.2, 0) is 0 Å². The van der Waals surface area contributed by atoms with Crippen molar-refractivity contribution in [1.82, 2.24) is 0 Å². The average Bonchev–Trinajstić information content (AvgIpc) is 2.78. The molecule has 2 N–H and O–H groups in total. The largest absolute Gasteiger partial charge is 0.341 e. The highest BCUT2D eigenvalue weighted by Crippen LogP contribution is 2.35. The van der Waals surface area contributed by atoms with Crippen molar-refractivity contribution in [3.8, 4) is 0 Å². The van der Waals surface area contributed by atoms with Crippen molar-refractivity contribution >= 4 is 40.8 Å². The summed E-state index contributed by atoms with van der Waals surface area (Å²) in [7, 11) is 0. The van der Waals surface area contributed by atoms with E-state index < -0.39 is 0 Å². The summed E-state index contributed by atoms with van der Waals surface area (Å²) in [5, 5.41) is 6.84. The number of halogens is 1. The molecule has 20 heavy (non-hydrogen) atoms. The molecule has 1 aromatic carbocycles. The predicted molar refractivity (Wildman–Crippen MR) is 95.7 cm³/mol. The zero-order valence-electron chi connectivity index (χ0n) is 11.8. The fourth-order valence-corrected chi connectivity index (χ4v) is 2.48. The number of allylic oxidation sites excluding steroid dienone is 1. The second-order valence-electron chi connectivity index (χ2n) is 4.13. The lowest BCUT2D eigenvalue weighted by Crippen LogP contribution is -1.94. The van der Waals surface area contributed by atoms with Gasteiger partial charge in [-0.15, -0.1) is 6.58 Å². The number of anilines is 2. The van der Waals surface area contributed by atoms with Gasteiger partial charge in [0, 0.05) is 5.02 Å². The molecule has 0 saturated carbocycles. The monoisotopic (exact) mass is 308 g/mol. The van der Waals surface area contributed by atoms with Crippen LogP contribution in [-0.4, -0.2) is 11.5 Å². The summed E-state index contributed by atoms with van der Waals surface area (Å²) in [6.07, 6.45) is 4.84. The van der Waals surface area contributed by atoms with E-state index in [-0.39, 0.29) is 0 Å². The van der Waals surface area contributed by atoms with Gasteiger partial charge >= 0.3 is 0 Å². The Kier molecular flexibility index (Phi) is 7.34. The molecule has 4 heteroatoms. The number of nitrogens with one attached hydrogen (secondary N) is 2. The molecule has 1 aliphatic rings. The smallest absolute Gasteiger partial charge is 0.100 e. The molecule has 0 bridgehead atoms. The first-order chi connectivity index (χ1) is 9.62. The van der Waals surface area contributed by atoms with Crippen LogP contribution >= 0.6 is 23.4 Å². The molecule has 0 aliphatic carbocycles. The van der Waals surface area contributed by atoms with Crippen molar-refractivity contribution in [1.29, 1.82) is 0 Å². The highest BCUT2D eigenvalue weighted by molar-refractivity contribution is 7.99. The van der Waals surface area contributed by atoms with Gasteiger partial charge in [0.05, 0.1) is 11.4 Å².